The van der Waals surface area contributed by atoms with Gasteiger partial charge in [-0.15, -0.1) is 11.3 Å². The van der Waals surface area contributed by atoms with Gasteiger partial charge in [0.15, 0.2) is 10.9 Å². The fraction of sp³-hybridized carbons (Fsp3) is 0.261. The molecule has 1 aliphatic heterocycles. The molecule has 0 radical (unpaired) electrons. The van der Waals surface area contributed by atoms with E-state index in [4.69, 9.17) is 16.6 Å². The zero-order chi connectivity index (χ0) is 24.2. The molecule has 1 aromatic carbocycles. The third kappa shape index (κ3) is 5.64. The molecule has 3 aromatic heterocycles. The van der Waals surface area contributed by atoms with Crippen LogP contribution < -0.4 is 5.32 Å². The van der Waals surface area contributed by atoms with Crippen LogP contribution in [0.1, 0.15) is 21.6 Å². The normalized spacial score (nSPS) is 14.3. The number of thiazole rings is 1. The molecular weight excluding hydrogens is 491 g/mol. The number of hydrogen-bond acceptors (Lipinski definition) is 8. The minimum atomic E-state index is -0.672. The van der Waals surface area contributed by atoms with Crippen LogP contribution in [0.5, 0.6) is 0 Å². The van der Waals surface area contributed by atoms with E-state index >= 15 is 0 Å². The highest BCUT2D eigenvalue weighted by Gasteiger charge is 2.25. The van der Waals surface area contributed by atoms with Gasteiger partial charge in [0.25, 0.3) is 5.91 Å². The van der Waals surface area contributed by atoms with Crippen LogP contribution in [0.15, 0.2) is 54.3 Å². The molecule has 5 rings (SSSR count). The summed E-state index contributed by atoms with van der Waals surface area (Å²) in [7, 11) is 0. The van der Waals surface area contributed by atoms with Gasteiger partial charge >= 0.3 is 0 Å². The van der Waals surface area contributed by atoms with Gasteiger partial charge in [-0.2, -0.15) is 15.0 Å². The Morgan fingerprint density at radius 1 is 1.09 bits per heavy atom. The largest absolute Gasteiger partial charge is 0.336 e. The third-order valence-electron chi connectivity index (χ3n) is 5.62. The summed E-state index contributed by atoms with van der Waals surface area (Å²) in [5, 5.41) is 14.3. The van der Waals surface area contributed by atoms with Crippen molar-refractivity contribution in [3.63, 3.8) is 0 Å². The minimum Gasteiger partial charge on any atom is -0.336 e. The molecule has 1 fully saturated rings. The Kier molecular flexibility index (Phi) is 6.98. The number of pyridine rings is 1. The van der Waals surface area contributed by atoms with E-state index in [9.17, 15) is 9.18 Å². The highest BCUT2D eigenvalue weighted by atomic mass is 35.5. The van der Waals surface area contributed by atoms with Crippen molar-refractivity contribution in [1.29, 1.82) is 0 Å². The molecule has 0 aliphatic carbocycles. The van der Waals surface area contributed by atoms with Crippen LogP contribution in [-0.4, -0.2) is 66.8 Å². The summed E-state index contributed by atoms with van der Waals surface area (Å²) in [6, 6.07) is 8.49. The minimum absolute atomic E-state index is 0.00505. The quantitative estimate of drug-likeness (QED) is 0.404. The number of amides is 1. The lowest BCUT2D eigenvalue weighted by Gasteiger charge is -2.34. The maximum absolute atomic E-state index is 14.3. The van der Waals surface area contributed by atoms with Gasteiger partial charge in [-0.1, -0.05) is 17.7 Å². The van der Waals surface area contributed by atoms with Gasteiger partial charge in [0.05, 0.1) is 35.2 Å². The molecule has 0 atom stereocenters. The van der Waals surface area contributed by atoms with Gasteiger partial charge in [-0.25, -0.2) is 14.4 Å². The van der Waals surface area contributed by atoms with Crippen molar-refractivity contribution in [1.82, 2.24) is 34.8 Å². The number of halogens is 2. The smallest absolute Gasteiger partial charge is 0.256 e. The number of rotatable bonds is 7. The topological polar surface area (TPSA) is 92.1 Å². The second kappa shape index (κ2) is 10.5. The average Bonchev–Trinajstić information content (AvgIpc) is 3.55. The maximum Gasteiger partial charge on any atom is 0.256 e. The second-order valence-corrected chi connectivity index (χ2v) is 9.35. The van der Waals surface area contributed by atoms with Gasteiger partial charge in [0, 0.05) is 44.3 Å². The molecule has 4 aromatic rings. The maximum atomic E-state index is 14.3. The number of carbonyl (C=O) groups is 1. The van der Waals surface area contributed by atoms with Crippen molar-refractivity contribution in [3.05, 3.63) is 82.0 Å². The standard InChI is InChI=1S/C23H22ClFN8OS/c24-19-3-1-2-18(21(19)25)22(34)32-9-7-31(8-10-32)15-17-12-16(14-33-27-4-5-28-33)13-20(29-17)30-23-26-6-11-35-23/h1-6,11-13H,7-10,14-15H2,(H,26,29,30). The second-order valence-electron chi connectivity index (χ2n) is 8.04. The summed E-state index contributed by atoms with van der Waals surface area (Å²) in [4.78, 5) is 27.4. The first-order chi connectivity index (χ1) is 17.0. The molecule has 1 aliphatic rings. The number of carbonyl (C=O) groups excluding carboxylic acids is 1. The Labute approximate surface area is 210 Å². The van der Waals surface area contributed by atoms with Crippen molar-refractivity contribution >= 4 is 39.8 Å². The van der Waals surface area contributed by atoms with Gasteiger partial charge in [0.1, 0.15) is 5.82 Å². The fourth-order valence-corrected chi connectivity index (χ4v) is 4.66. The molecule has 9 nitrogen and oxygen atoms in total. The molecule has 0 unspecified atom stereocenters. The van der Waals surface area contributed by atoms with Crippen LogP contribution in [0.4, 0.5) is 15.3 Å². The van der Waals surface area contributed by atoms with Crippen LogP contribution >= 0.6 is 22.9 Å². The zero-order valence-electron chi connectivity index (χ0n) is 18.6. The van der Waals surface area contributed by atoms with Crippen molar-refractivity contribution in [2.45, 2.75) is 13.1 Å². The number of piperazine rings is 1. The highest BCUT2D eigenvalue weighted by molar-refractivity contribution is 7.13. The van der Waals surface area contributed by atoms with Gasteiger partial charge in [-0.05, 0) is 29.8 Å². The van der Waals surface area contributed by atoms with E-state index in [0.29, 0.717) is 45.1 Å². The number of aromatic nitrogens is 5. The van der Waals surface area contributed by atoms with Crippen molar-refractivity contribution in [2.24, 2.45) is 0 Å². The summed E-state index contributed by atoms with van der Waals surface area (Å²) in [6.45, 7) is 3.41. The van der Waals surface area contributed by atoms with Gasteiger partial charge < -0.3 is 10.2 Å². The predicted molar refractivity (Wildman–Crippen MR) is 131 cm³/mol. The van der Waals surface area contributed by atoms with E-state index in [0.717, 1.165) is 16.4 Å². The first-order valence-electron chi connectivity index (χ1n) is 11.0. The van der Waals surface area contributed by atoms with E-state index in [1.54, 1.807) is 34.4 Å². The molecule has 0 bridgehead atoms. The molecule has 1 N–H and O–H groups in total. The highest BCUT2D eigenvalue weighted by Crippen LogP contribution is 2.22. The van der Waals surface area contributed by atoms with E-state index < -0.39 is 5.82 Å². The molecule has 0 saturated carbocycles. The number of nitrogens with zero attached hydrogens (tertiary/aromatic N) is 7. The molecule has 4 heterocycles. The Hall–Kier alpha value is -3.41. The Balaban J connectivity index is 1.27. The van der Waals surface area contributed by atoms with Crippen molar-refractivity contribution < 1.29 is 9.18 Å². The number of hydrogen-bond donors (Lipinski definition) is 1. The molecule has 0 spiro atoms. The van der Waals surface area contributed by atoms with E-state index in [1.165, 1.54) is 23.5 Å². The number of anilines is 2. The lowest BCUT2D eigenvalue weighted by Crippen LogP contribution is -2.48. The predicted octanol–water partition coefficient (Wildman–Crippen LogP) is 3.67. The Morgan fingerprint density at radius 2 is 1.89 bits per heavy atom. The number of benzene rings is 1. The summed E-state index contributed by atoms with van der Waals surface area (Å²) >= 11 is 7.34. The van der Waals surface area contributed by atoms with Crippen LogP contribution in [0, 0.1) is 5.82 Å². The van der Waals surface area contributed by atoms with Gasteiger partial charge in [0.2, 0.25) is 0 Å². The lowest BCUT2D eigenvalue weighted by molar-refractivity contribution is 0.0622. The first-order valence-corrected chi connectivity index (χ1v) is 12.3. The summed E-state index contributed by atoms with van der Waals surface area (Å²) < 4.78 is 14.3. The van der Waals surface area contributed by atoms with Crippen LogP contribution in [-0.2, 0) is 13.1 Å². The first kappa shape index (κ1) is 23.3. The molecule has 1 amide bonds. The monoisotopic (exact) mass is 512 g/mol. The SMILES string of the molecule is O=C(c1cccc(Cl)c1F)N1CCN(Cc2cc(Cn3nccn3)cc(Nc3nccs3)n2)CC1. The van der Waals surface area contributed by atoms with E-state index in [1.807, 2.05) is 17.5 Å². The fourth-order valence-electron chi connectivity index (χ4n) is 3.95. The number of nitrogens with one attached hydrogen (secondary N) is 1. The van der Waals surface area contributed by atoms with E-state index in [-0.39, 0.29) is 16.5 Å². The summed E-state index contributed by atoms with van der Waals surface area (Å²) in [6.07, 6.45) is 5.03. The third-order valence-corrected chi connectivity index (χ3v) is 6.60. The lowest BCUT2D eigenvalue weighted by atomic mass is 10.1. The molecule has 12 heteroatoms. The molecular formula is C23H22ClFN8OS. The van der Waals surface area contributed by atoms with E-state index in [2.05, 4.69) is 25.4 Å². The van der Waals surface area contributed by atoms with Crippen LogP contribution in [0.2, 0.25) is 5.02 Å². The molecule has 180 valence electrons. The van der Waals surface area contributed by atoms with Crippen LogP contribution in [0.3, 0.4) is 0 Å². The Bertz CT molecular complexity index is 1240. The summed E-state index contributed by atoms with van der Waals surface area (Å²) in [5.74, 6) is -0.314. The Morgan fingerprint density at radius 3 is 2.63 bits per heavy atom. The van der Waals surface area contributed by atoms with Crippen molar-refractivity contribution in [2.75, 3.05) is 31.5 Å². The van der Waals surface area contributed by atoms with Crippen LogP contribution in [0.25, 0.3) is 0 Å². The molecule has 35 heavy (non-hydrogen) atoms. The zero-order valence-corrected chi connectivity index (χ0v) is 20.2. The summed E-state index contributed by atoms with van der Waals surface area (Å²) in [5.41, 5.74) is 1.90. The average molecular weight is 513 g/mol. The molecule has 1 saturated heterocycles. The van der Waals surface area contributed by atoms with Gasteiger partial charge in [-0.3, -0.25) is 9.69 Å². The van der Waals surface area contributed by atoms with Crippen molar-refractivity contribution in [3.8, 4) is 0 Å².